The van der Waals surface area contributed by atoms with E-state index < -0.39 is 24.3 Å². The molecule has 6 heteroatoms. The molecular weight excluding hydrogens is 408 g/mol. The van der Waals surface area contributed by atoms with Gasteiger partial charge in [0.25, 0.3) is 0 Å². The lowest BCUT2D eigenvalue weighted by molar-refractivity contribution is -0.137. The van der Waals surface area contributed by atoms with Crippen molar-refractivity contribution < 1.29 is 30.0 Å². The van der Waals surface area contributed by atoms with Crippen LogP contribution in [0.3, 0.4) is 0 Å². The topological polar surface area (TPSA) is 107 Å². The van der Waals surface area contributed by atoms with Crippen LogP contribution in [0.4, 0.5) is 0 Å². The molecule has 0 bridgehead atoms. The number of para-hydroxylation sites is 1. The molecule has 0 radical (unpaired) electrons. The third-order valence-electron chi connectivity index (χ3n) is 6.04. The smallest absolute Gasteiger partial charge is 0.303 e. The second kappa shape index (κ2) is 14.1. The van der Waals surface area contributed by atoms with Crippen LogP contribution in [0.5, 0.6) is 5.75 Å². The van der Waals surface area contributed by atoms with E-state index in [-0.39, 0.29) is 24.4 Å². The van der Waals surface area contributed by atoms with Crippen molar-refractivity contribution in [3.63, 3.8) is 0 Å². The van der Waals surface area contributed by atoms with Crippen molar-refractivity contribution in [3.8, 4) is 5.75 Å². The summed E-state index contributed by atoms with van der Waals surface area (Å²) in [6.45, 7) is 2.10. The van der Waals surface area contributed by atoms with Crippen LogP contribution in [0.1, 0.15) is 58.3 Å². The summed E-state index contributed by atoms with van der Waals surface area (Å²) in [6.07, 6.45) is 9.87. The number of aliphatic carboxylic acids is 1. The van der Waals surface area contributed by atoms with Crippen molar-refractivity contribution in [2.45, 2.75) is 82.7 Å². The lowest BCUT2D eigenvalue weighted by Crippen LogP contribution is -2.31. The fraction of sp³-hybridized carbons (Fsp3) is 0.577. The second-order valence-electron chi connectivity index (χ2n) is 8.59. The maximum atomic E-state index is 10.8. The van der Waals surface area contributed by atoms with Crippen molar-refractivity contribution in [2.24, 2.45) is 11.8 Å². The highest BCUT2D eigenvalue weighted by Gasteiger charge is 2.39. The minimum absolute atomic E-state index is 0.141. The third-order valence-corrected chi connectivity index (χ3v) is 6.04. The Bertz CT molecular complexity index is 716. The summed E-state index contributed by atoms with van der Waals surface area (Å²) in [5, 5.41) is 40.3. The van der Waals surface area contributed by atoms with Gasteiger partial charge in [-0.05, 0) is 50.2 Å². The second-order valence-corrected chi connectivity index (χ2v) is 8.59. The Morgan fingerprint density at radius 1 is 1.16 bits per heavy atom. The van der Waals surface area contributed by atoms with E-state index in [0.29, 0.717) is 31.4 Å². The average Bonchev–Trinajstić information content (AvgIpc) is 3.04. The molecule has 0 saturated heterocycles. The Kier molecular flexibility index (Phi) is 11.5. The number of unbranched alkanes of at least 4 members (excludes halogenated alkanes) is 2. The first-order valence-corrected chi connectivity index (χ1v) is 11.7. The van der Waals surface area contributed by atoms with Crippen molar-refractivity contribution in [1.29, 1.82) is 0 Å². The molecular formula is C26H38O6. The monoisotopic (exact) mass is 446 g/mol. The summed E-state index contributed by atoms with van der Waals surface area (Å²) in [7, 11) is 0. The molecule has 1 aliphatic rings. The van der Waals surface area contributed by atoms with Crippen molar-refractivity contribution in [2.75, 3.05) is 0 Å². The maximum absolute atomic E-state index is 10.8. The molecule has 1 aromatic rings. The highest BCUT2D eigenvalue weighted by molar-refractivity contribution is 5.66. The van der Waals surface area contributed by atoms with Crippen LogP contribution in [0, 0.1) is 11.8 Å². The quantitative estimate of drug-likeness (QED) is 0.253. The van der Waals surface area contributed by atoms with Gasteiger partial charge in [-0.1, -0.05) is 55.8 Å². The molecule has 1 aliphatic carbocycles. The molecule has 4 N–H and O–H groups in total. The maximum Gasteiger partial charge on any atom is 0.303 e. The van der Waals surface area contributed by atoms with Gasteiger partial charge in [-0.15, -0.1) is 0 Å². The van der Waals surface area contributed by atoms with Crippen molar-refractivity contribution in [1.82, 2.24) is 0 Å². The van der Waals surface area contributed by atoms with Gasteiger partial charge < -0.3 is 25.2 Å². The molecule has 1 saturated carbocycles. The zero-order valence-corrected chi connectivity index (χ0v) is 18.9. The van der Waals surface area contributed by atoms with E-state index in [9.17, 15) is 20.1 Å². The number of ether oxygens (including phenoxy) is 1. The fourth-order valence-corrected chi connectivity index (χ4v) is 4.19. The Balaban J connectivity index is 1.97. The Morgan fingerprint density at radius 3 is 2.59 bits per heavy atom. The van der Waals surface area contributed by atoms with Crippen molar-refractivity contribution in [3.05, 3.63) is 54.6 Å². The highest BCUT2D eigenvalue weighted by atomic mass is 16.5. The standard InChI is InChI=1S/C26H38O6/c1-2-3-14-25(32-19-11-7-6-8-12-19)22(27)17-16-21-20(23(28)18-24(21)29)13-9-4-5-10-15-26(30)31/h4,6-9,11-12,16-17,20-25,27-29H,2-3,5,10,13-15,18H2,1H3,(H,30,31)/b9-4-,17-16+/t20-,21-,22+,23+,24-,25?/m1/s1. The molecule has 0 aromatic heterocycles. The van der Waals surface area contributed by atoms with Gasteiger partial charge in [0.2, 0.25) is 0 Å². The van der Waals surface area contributed by atoms with E-state index in [1.165, 1.54) is 0 Å². The summed E-state index contributed by atoms with van der Waals surface area (Å²) in [5.74, 6) is -0.492. The lowest BCUT2D eigenvalue weighted by atomic mass is 9.89. The number of benzene rings is 1. The van der Waals surface area contributed by atoms with Gasteiger partial charge in [0.05, 0.1) is 12.2 Å². The summed E-state index contributed by atoms with van der Waals surface area (Å²) < 4.78 is 6.02. The molecule has 0 spiro atoms. The predicted octanol–water partition coefficient (Wildman–Crippen LogP) is 4.10. The molecule has 6 nitrogen and oxygen atoms in total. The molecule has 178 valence electrons. The summed E-state index contributed by atoms with van der Waals surface area (Å²) in [5.41, 5.74) is 0. The Morgan fingerprint density at radius 2 is 1.91 bits per heavy atom. The van der Waals surface area contributed by atoms with Crippen LogP contribution in [0.25, 0.3) is 0 Å². The van der Waals surface area contributed by atoms with Gasteiger partial charge in [0, 0.05) is 18.8 Å². The van der Waals surface area contributed by atoms with E-state index >= 15 is 0 Å². The molecule has 2 rings (SSSR count). The predicted molar refractivity (Wildman–Crippen MR) is 124 cm³/mol. The minimum Gasteiger partial charge on any atom is -0.487 e. The van der Waals surface area contributed by atoms with E-state index in [0.717, 1.165) is 19.3 Å². The number of carbonyl (C=O) groups is 1. The van der Waals surface area contributed by atoms with E-state index in [4.69, 9.17) is 9.84 Å². The Labute approximate surface area is 191 Å². The largest absolute Gasteiger partial charge is 0.487 e. The number of rotatable bonds is 14. The number of allylic oxidation sites excluding steroid dienone is 2. The molecule has 32 heavy (non-hydrogen) atoms. The number of carboxylic acids is 1. The first-order chi connectivity index (χ1) is 15.4. The third kappa shape index (κ3) is 8.77. The number of aliphatic hydroxyl groups is 3. The number of hydrogen-bond acceptors (Lipinski definition) is 5. The highest BCUT2D eigenvalue weighted by Crippen LogP contribution is 2.36. The Hall–Kier alpha value is -2.15. The molecule has 0 aliphatic heterocycles. The lowest BCUT2D eigenvalue weighted by Gasteiger charge is -2.24. The van der Waals surface area contributed by atoms with Gasteiger partial charge in [-0.25, -0.2) is 0 Å². The van der Waals surface area contributed by atoms with Gasteiger partial charge in [0.15, 0.2) is 0 Å². The van der Waals surface area contributed by atoms with E-state index in [1.54, 1.807) is 6.08 Å². The van der Waals surface area contributed by atoms with Gasteiger partial charge >= 0.3 is 5.97 Å². The number of carboxylic acid groups (broad SMARTS) is 1. The van der Waals surface area contributed by atoms with Crippen LogP contribution < -0.4 is 4.74 Å². The normalized spacial score (nSPS) is 25.4. The summed E-state index contributed by atoms with van der Waals surface area (Å²) in [6, 6.07) is 9.43. The van der Waals surface area contributed by atoms with Crippen LogP contribution in [-0.2, 0) is 4.79 Å². The molecule has 0 heterocycles. The van der Waals surface area contributed by atoms with Gasteiger partial charge in [-0.2, -0.15) is 0 Å². The fourth-order valence-electron chi connectivity index (χ4n) is 4.19. The molecule has 1 fully saturated rings. The van der Waals surface area contributed by atoms with Crippen LogP contribution in [0.2, 0.25) is 0 Å². The molecule has 0 amide bonds. The first-order valence-electron chi connectivity index (χ1n) is 11.7. The molecule has 1 unspecified atom stereocenters. The van der Waals surface area contributed by atoms with Crippen LogP contribution >= 0.6 is 0 Å². The SMILES string of the molecule is CCCCC(Oc1ccccc1)[C@@H](O)/C=C/[C@@H]1[C@@H](C/C=C\CCCC(=O)O)[C@@H](O)C[C@H]1O. The van der Waals surface area contributed by atoms with Crippen LogP contribution in [0.15, 0.2) is 54.6 Å². The zero-order chi connectivity index (χ0) is 23.3. The first kappa shape index (κ1) is 26.1. The van der Waals surface area contributed by atoms with E-state index in [2.05, 4.69) is 6.92 Å². The van der Waals surface area contributed by atoms with Crippen LogP contribution in [-0.4, -0.2) is 50.8 Å². The van der Waals surface area contributed by atoms with Gasteiger partial charge in [0.1, 0.15) is 18.0 Å². The average molecular weight is 447 g/mol. The molecule has 1 aromatic carbocycles. The molecule has 6 atom stereocenters. The van der Waals surface area contributed by atoms with Crippen molar-refractivity contribution >= 4 is 5.97 Å². The zero-order valence-electron chi connectivity index (χ0n) is 18.9. The summed E-state index contributed by atoms with van der Waals surface area (Å²) >= 11 is 0. The number of aliphatic hydroxyl groups excluding tert-OH is 3. The summed E-state index contributed by atoms with van der Waals surface area (Å²) in [4.78, 5) is 10.6. The van der Waals surface area contributed by atoms with E-state index in [1.807, 2.05) is 48.6 Å². The number of hydrogen-bond donors (Lipinski definition) is 4. The minimum atomic E-state index is -0.820. The van der Waals surface area contributed by atoms with Gasteiger partial charge in [-0.3, -0.25) is 4.79 Å².